The summed E-state index contributed by atoms with van der Waals surface area (Å²) in [6.07, 6.45) is -0.727. The monoisotopic (exact) mass is 334 g/mol. The van der Waals surface area contributed by atoms with Crippen molar-refractivity contribution in [2.45, 2.75) is 12.7 Å². The van der Waals surface area contributed by atoms with Gasteiger partial charge in [0.1, 0.15) is 11.5 Å². The Kier molecular flexibility index (Phi) is 3.36. The Balaban J connectivity index is 2.11. The highest BCUT2D eigenvalue weighted by Crippen LogP contribution is 2.32. The SMILES string of the molecule is O=C(O)C1Oc2ccccc2Cc2ccc(Br)cc2O1. The average Bonchev–Trinajstić information content (AvgIpc) is 2.40. The van der Waals surface area contributed by atoms with E-state index >= 15 is 0 Å². The first kappa shape index (κ1) is 13.0. The molecule has 2 aromatic rings. The Bertz CT molecular complexity index is 669. The molecule has 0 fully saturated rings. The van der Waals surface area contributed by atoms with Crippen molar-refractivity contribution in [2.24, 2.45) is 0 Å². The van der Waals surface area contributed by atoms with Crippen LogP contribution in [0.2, 0.25) is 0 Å². The highest BCUT2D eigenvalue weighted by molar-refractivity contribution is 9.10. The third-order valence-corrected chi connectivity index (χ3v) is 3.55. The molecular formula is C15H11BrO4. The molecule has 0 saturated heterocycles. The van der Waals surface area contributed by atoms with Crippen LogP contribution in [-0.4, -0.2) is 17.4 Å². The zero-order chi connectivity index (χ0) is 14.1. The highest BCUT2D eigenvalue weighted by Gasteiger charge is 2.26. The molecular weight excluding hydrogens is 324 g/mol. The van der Waals surface area contributed by atoms with E-state index in [1.165, 1.54) is 0 Å². The maximum absolute atomic E-state index is 11.3. The van der Waals surface area contributed by atoms with Crippen molar-refractivity contribution in [2.75, 3.05) is 0 Å². The minimum absolute atomic E-state index is 0.515. The van der Waals surface area contributed by atoms with E-state index in [-0.39, 0.29) is 0 Å². The van der Waals surface area contributed by atoms with Crippen LogP contribution in [-0.2, 0) is 11.2 Å². The maximum atomic E-state index is 11.3. The minimum Gasteiger partial charge on any atom is -0.476 e. The summed E-state index contributed by atoms with van der Waals surface area (Å²) in [5.74, 6) is -0.109. The van der Waals surface area contributed by atoms with Gasteiger partial charge in [-0.3, -0.25) is 0 Å². The molecule has 1 aliphatic heterocycles. The van der Waals surface area contributed by atoms with Crippen molar-refractivity contribution in [3.8, 4) is 11.5 Å². The number of fused-ring (bicyclic) bond motifs is 2. The summed E-state index contributed by atoms with van der Waals surface area (Å²) in [5, 5.41) is 9.21. The van der Waals surface area contributed by atoms with Crippen LogP contribution < -0.4 is 9.47 Å². The maximum Gasteiger partial charge on any atom is 0.387 e. The number of hydrogen-bond acceptors (Lipinski definition) is 3. The van der Waals surface area contributed by atoms with Crippen LogP contribution in [0.4, 0.5) is 0 Å². The third-order valence-electron chi connectivity index (χ3n) is 3.05. The molecule has 2 aromatic carbocycles. The lowest BCUT2D eigenvalue weighted by Crippen LogP contribution is -2.34. The summed E-state index contributed by atoms with van der Waals surface area (Å²) in [7, 11) is 0. The number of hydrogen-bond donors (Lipinski definition) is 1. The Morgan fingerprint density at radius 3 is 2.60 bits per heavy atom. The van der Waals surface area contributed by atoms with Crippen LogP contribution in [0.5, 0.6) is 11.5 Å². The molecule has 3 rings (SSSR count). The molecule has 5 heteroatoms. The van der Waals surface area contributed by atoms with Gasteiger partial charge in [-0.25, -0.2) is 4.79 Å². The van der Waals surface area contributed by atoms with Crippen molar-refractivity contribution >= 4 is 21.9 Å². The molecule has 1 N–H and O–H groups in total. The molecule has 102 valence electrons. The van der Waals surface area contributed by atoms with Crippen LogP contribution in [0, 0.1) is 0 Å². The molecule has 1 unspecified atom stereocenters. The topological polar surface area (TPSA) is 55.8 Å². The fraction of sp³-hybridized carbons (Fsp3) is 0.133. The normalized spacial score (nSPS) is 16.8. The zero-order valence-electron chi connectivity index (χ0n) is 10.4. The number of benzene rings is 2. The number of rotatable bonds is 1. The van der Waals surface area contributed by atoms with Gasteiger partial charge < -0.3 is 14.6 Å². The first-order chi connectivity index (χ1) is 9.63. The van der Waals surface area contributed by atoms with E-state index in [4.69, 9.17) is 9.47 Å². The Morgan fingerprint density at radius 1 is 1.10 bits per heavy atom. The Morgan fingerprint density at radius 2 is 1.80 bits per heavy atom. The molecule has 0 amide bonds. The van der Waals surface area contributed by atoms with Gasteiger partial charge in [-0.1, -0.05) is 40.2 Å². The molecule has 0 aliphatic carbocycles. The van der Waals surface area contributed by atoms with Gasteiger partial charge in [-0.15, -0.1) is 0 Å². The second-order valence-electron chi connectivity index (χ2n) is 4.44. The first-order valence-electron chi connectivity index (χ1n) is 6.06. The number of para-hydroxylation sites is 1. The summed E-state index contributed by atoms with van der Waals surface area (Å²) in [6, 6.07) is 13.0. The Hall–Kier alpha value is -2.01. The Labute approximate surface area is 124 Å². The molecule has 0 bridgehead atoms. The number of carboxylic acids is 1. The summed E-state index contributed by atoms with van der Waals surface area (Å²) in [5.41, 5.74) is 1.86. The zero-order valence-corrected chi connectivity index (χ0v) is 12.0. The van der Waals surface area contributed by atoms with Crippen molar-refractivity contribution in [1.82, 2.24) is 0 Å². The fourth-order valence-electron chi connectivity index (χ4n) is 2.11. The van der Waals surface area contributed by atoms with Crippen LogP contribution in [0.1, 0.15) is 11.1 Å². The molecule has 1 heterocycles. The molecule has 20 heavy (non-hydrogen) atoms. The van der Waals surface area contributed by atoms with E-state index in [2.05, 4.69) is 15.9 Å². The van der Waals surface area contributed by atoms with Crippen LogP contribution in [0.3, 0.4) is 0 Å². The average molecular weight is 335 g/mol. The first-order valence-corrected chi connectivity index (χ1v) is 6.85. The molecule has 1 aliphatic rings. The standard InChI is InChI=1S/C15H11BrO4/c16-11-6-5-10-7-9-3-1-2-4-12(9)19-15(14(17)18)20-13(10)8-11/h1-6,8,15H,7H2,(H,17,18). The fourth-order valence-corrected chi connectivity index (χ4v) is 2.45. The van der Waals surface area contributed by atoms with E-state index in [1.807, 2.05) is 30.3 Å². The van der Waals surface area contributed by atoms with Gasteiger partial charge >= 0.3 is 12.3 Å². The predicted molar refractivity (Wildman–Crippen MR) is 76.1 cm³/mol. The van der Waals surface area contributed by atoms with E-state index in [0.717, 1.165) is 15.6 Å². The predicted octanol–water partition coefficient (Wildman–Crippen LogP) is 3.22. The summed E-state index contributed by atoms with van der Waals surface area (Å²) in [6.45, 7) is 0. The van der Waals surface area contributed by atoms with Crippen molar-refractivity contribution in [1.29, 1.82) is 0 Å². The van der Waals surface area contributed by atoms with Gasteiger partial charge in [0.05, 0.1) is 0 Å². The van der Waals surface area contributed by atoms with E-state index < -0.39 is 12.3 Å². The van der Waals surface area contributed by atoms with Gasteiger partial charge in [0.25, 0.3) is 0 Å². The molecule has 0 saturated carbocycles. The smallest absolute Gasteiger partial charge is 0.387 e. The number of ether oxygens (including phenoxy) is 2. The van der Waals surface area contributed by atoms with Crippen molar-refractivity contribution in [3.63, 3.8) is 0 Å². The highest BCUT2D eigenvalue weighted by atomic mass is 79.9. The summed E-state index contributed by atoms with van der Waals surface area (Å²) in [4.78, 5) is 11.3. The largest absolute Gasteiger partial charge is 0.476 e. The summed E-state index contributed by atoms with van der Waals surface area (Å²) >= 11 is 3.36. The molecule has 4 nitrogen and oxygen atoms in total. The van der Waals surface area contributed by atoms with E-state index in [0.29, 0.717) is 17.9 Å². The molecule has 0 radical (unpaired) electrons. The van der Waals surface area contributed by atoms with Gasteiger partial charge in [0.15, 0.2) is 0 Å². The van der Waals surface area contributed by atoms with Gasteiger partial charge in [0, 0.05) is 10.9 Å². The third kappa shape index (κ3) is 2.49. The lowest BCUT2D eigenvalue weighted by molar-refractivity contribution is -0.158. The summed E-state index contributed by atoms with van der Waals surface area (Å²) < 4.78 is 11.8. The van der Waals surface area contributed by atoms with Crippen LogP contribution >= 0.6 is 15.9 Å². The van der Waals surface area contributed by atoms with Crippen LogP contribution in [0.15, 0.2) is 46.9 Å². The lowest BCUT2D eigenvalue weighted by atomic mass is 10.0. The van der Waals surface area contributed by atoms with E-state index in [9.17, 15) is 9.90 Å². The minimum atomic E-state index is -1.36. The lowest BCUT2D eigenvalue weighted by Gasteiger charge is -2.23. The van der Waals surface area contributed by atoms with E-state index in [1.54, 1.807) is 12.1 Å². The van der Waals surface area contributed by atoms with Crippen LogP contribution in [0.25, 0.3) is 0 Å². The van der Waals surface area contributed by atoms with Crippen molar-refractivity contribution in [3.05, 3.63) is 58.1 Å². The van der Waals surface area contributed by atoms with Crippen molar-refractivity contribution < 1.29 is 19.4 Å². The number of carboxylic acid groups (broad SMARTS) is 1. The molecule has 0 aromatic heterocycles. The van der Waals surface area contributed by atoms with Gasteiger partial charge in [-0.05, 0) is 29.3 Å². The quantitative estimate of drug-likeness (QED) is 0.869. The second kappa shape index (κ2) is 5.17. The molecule has 1 atom stereocenters. The number of aliphatic carboxylic acids is 1. The number of halogens is 1. The van der Waals surface area contributed by atoms with Gasteiger partial charge in [-0.2, -0.15) is 0 Å². The molecule has 0 spiro atoms. The van der Waals surface area contributed by atoms with Gasteiger partial charge in [0.2, 0.25) is 0 Å². The second-order valence-corrected chi connectivity index (χ2v) is 5.36. The number of carbonyl (C=O) groups is 1.